The second-order valence-corrected chi connectivity index (χ2v) is 14.2. The summed E-state index contributed by atoms with van der Waals surface area (Å²) in [5, 5.41) is 4.58. The van der Waals surface area contributed by atoms with Crippen LogP contribution < -0.4 is 18.9 Å². The molecular formula is C49H42O6. The maximum atomic E-state index is 13.0. The SMILES string of the molecule is COc1ccc(C2(c3ccc(OC(=O)Oc4ccc(-c5c6ccccc6c(Cc6ccc(OC(C)=O)cc6)c6ccccc56)cc4)cc3)CCCCC2)cc1. The van der Waals surface area contributed by atoms with Crippen LogP contribution in [0.2, 0.25) is 0 Å². The fraction of sp³-hybridized carbons (Fsp3) is 0.184. The minimum Gasteiger partial charge on any atom is -0.497 e. The second kappa shape index (κ2) is 15.5. The molecule has 0 bridgehead atoms. The average Bonchev–Trinajstić information content (AvgIpc) is 3.22. The number of ether oxygens (including phenoxy) is 4. The van der Waals surface area contributed by atoms with Crippen molar-refractivity contribution in [3.05, 3.63) is 168 Å². The van der Waals surface area contributed by atoms with E-state index in [0.717, 1.165) is 56.8 Å². The number of hydrogen-bond acceptors (Lipinski definition) is 6. The fourth-order valence-corrected chi connectivity index (χ4v) is 8.32. The highest BCUT2D eigenvalue weighted by atomic mass is 16.7. The first-order valence-electron chi connectivity index (χ1n) is 18.8. The molecule has 0 aliphatic heterocycles. The zero-order valence-corrected chi connectivity index (χ0v) is 31.0. The third-order valence-electron chi connectivity index (χ3n) is 10.9. The average molecular weight is 727 g/mol. The predicted molar refractivity (Wildman–Crippen MR) is 217 cm³/mol. The lowest BCUT2D eigenvalue weighted by Gasteiger charge is -2.38. The first-order valence-corrected chi connectivity index (χ1v) is 18.8. The van der Waals surface area contributed by atoms with Crippen LogP contribution in [0.3, 0.4) is 0 Å². The molecule has 0 spiro atoms. The summed E-state index contributed by atoms with van der Waals surface area (Å²) in [6, 6.07) is 48.5. The smallest absolute Gasteiger partial charge is 0.497 e. The molecule has 274 valence electrons. The van der Waals surface area contributed by atoms with Gasteiger partial charge >= 0.3 is 12.1 Å². The molecule has 0 N–H and O–H groups in total. The summed E-state index contributed by atoms with van der Waals surface area (Å²) in [7, 11) is 1.69. The highest BCUT2D eigenvalue weighted by Crippen LogP contribution is 2.46. The molecule has 1 aliphatic carbocycles. The van der Waals surface area contributed by atoms with Gasteiger partial charge in [0.25, 0.3) is 0 Å². The molecule has 1 fully saturated rings. The zero-order chi connectivity index (χ0) is 37.8. The molecule has 0 saturated heterocycles. The van der Waals surface area contributed by atoms with Crippen molar-refractivity contribution in [1.82, 2.24) is 0 Å². The quantitative estimate of drug-likeness (QED) is 0.0638. The Bertz CT molecular complexity index is 2400. The normalized spacial score (nSPS) is 13.6. The Labute approximate surface area is 321 Å². The fourth-order valence-electron chi connectivity index (χ4n) is 8.32. The zero-order valence-electron chi connectivity index (χ0n) is 31.0. The first kappa shape index (κ1) is 35.6. The second-order valence-electron chi connectivity index (χ2n) is 14.2. The van der Waals surface area contributed by atoms with Crippen molar-refractivity contribution in [1.29, 1.82) is 0 Å². The number of rotatable bonds is 9. The van der Waals surface area contributed by atoms with Crippen molar-refractivity contribution >= 4 is 33.7 Å². The number of fused-ring (bicyclic) bond motifs is 2. The van der Waals surface area contributed by atoms with Crippen LogP contribution in [0, 0.1) is 0 Å². The lowest BCUT2D eigenvalue weighted by molar-refractivity contribution is -0.131. The maximum Gasteiger partial charge on any atom is 0.519 e. The van der Waals surface area contributed by atoms with Gasteiger partial charge in [-0.2, -0.15) is 0 Å². The van der Waals surface area contributed by atoms with Gasteiger partial charge in [0.2, 0.25) is 0 Å². The molecule has 0 atom stereocenters. The van der Waals surface area contributed by atoms with Crippen LogP contribution in [0.25, 0.3) is 32.7 Å². The highest BCUT2D eigenvalue weighted by molar-refractivity contribution is 6.15. The predicted octanol–water partition coefficient (Wildman–Crippen LogP) is 12.0. The standard InChI is InChI=1S/C49H42O6/c1-33(50)53-39-22-14-34(15-23-39)32-46-42-10-4-6-12-44(42)47(45-13-7-5-11-43(45)46)35-16-24-40(25-17-35)54-48(51)55-41-28-20-37(21-29-41)49(30-8-3-9-31-49)36-18-26-38(52-2)27-19-36/h4-7,10-29H,3,8-9,30-32H2,1-2H3. The molecule has 7 aromatic rings. The van der Waals surface area contributed by atoms with E-state index < -0.39 is 6.16 Å². The Balaban J connectivity index is 1.01. The van der Waals surface area contributed by atoms with Gasteiger partial charge in [0.05, 0.1) is 7.11 Å². The molecule has 0 heterocycles. The molecule has 1 saturated carbocycles. The van der Waals surface area contributed by atoms with Gasteiger partial charge in [-0.3, -0.25) is 4.79 Å². The van der Waals surface area contributed by atoms with Crippen molar-refractivity contribution < 1.29 is 28.5 Å². The number of hydrogen-bond donors (Lipinski definition) is 0. The van der Waals surface area contributed by atoms with Crippen molar-refractivity contribution in [2.45, 2.75) is 50.9 Å². The molecule has 8 rings (SSSR count). The Morgan fingerprint density at radius 2 is 0.982 bits per heavy atom. The van der Waals surface area contributed by atoms with E-state index in [1.54, 1.807) is 7.11 Å². The van der Waals surface area contributed by atoms with Gasteiger partial charge < -0.3 is 18.9 Å². The summed E-state index contributed by atoms with van der Waals surface area (Å²) in [6.45, 7) is 1.40. The van der Waals surface area contributed by atoms with E-state index in [1.807, 2.05) is 72.8 Å². The lowest BCUT2D eigenvalue weighted by Crippen LogP contribution is -2.30. The molecule has 7 aromatic carbocycles. The van der Waals surface area contributed by atoms with Gasteiger partial charge in [0.15, 0.2) is 0 Å². The largest absolute Gasteiger partial charge is 0.519 e. The van der Waals surface area contributed by atoms with E-state index in [9.17, 15) is 9.59 Å². The van der Waals surface area contributed by atoms with Gasteiger partial charge in [-0.1, -0.05) is 116 Å². The summed E-state index contributed by atoms with van der Waals surface area (Å²) in [4.78, 5) is 24.4. The van der Waals surface area contributed by atoms with Gasteiger partial charge in [-0.25, -0.2) is 4.79 Å². The molecule has 55 heavy (non-hydrogen) atoms. The van der Waals surface area contributed by atoms with E-state index in [2.05, 4.69) is 72.8 Å². The molecule has 0 aromatic heterocycles. The molecule has 6 nitrogen and oxygen atoms in total. The Morgan fingerprint density at radius 1 is 0.527 bits per heavy atom. The van der Waals surface area contributed by atoms with Crippen LogP contribution in [-0.2, 0) is 16.6 Å². The van der Waals surface area contributed by atoms with E-state index in [4.69, 9.17) is 18.9 Å². The van der Waals surface area contributed by atoms with E-state index in [-0.39, 0.29) is 11.4 Å². The number of carbonyl (C=O) groups excluding carboxylic acids is 2. The van der Waals surface area contributed by atoms with Gasteiger partial charge in [-0.05, 0) is 123 Å². The monoisotopic (exact) mass is 726 g/mol. The van der Waals surface area contributed by atoms with Crippen molar-refractivity contribution in [3.8, 4) is 34.1 Å². The van der Waals surface area contributed by atoms with Crippen molar-refractivity contribution in [2.24, 2.45) is 0 Å². The first-order chi connectivity index (χ1) is 26.9. The Morgan fingerprint density at radius 3 is 1.49 bits per heavy atom. The van der Waals surface area contributed by atoms with E-state index >= 15 is 0 Å². The molecule has 1 aliphatic rings. The molecule has 0 unspecified atom stereocenters. The molecule has 0 amide bonds. The van der Waals surface area contributed by atoms with Crippen LogP contribution in [0.5, 0.6) is 23.0 Å². The van der Waals surface area contributed by atoms with E-state index in [0.29, 0.717) is 23.7 Å². The summed E-state index contributed by atoms with van der Waals surface area (Å²) < 4.78 is 22.0. The van der Waals surface area contributed by atoms with Crippen LogP contribution in [0.15, 0.2) is 146 Å². The van der Waals surface area contributed by atoms with Crippen LogP contribution >= 0.6 is 0 Å². The number of methoxy groups -OCH3 is 1. The molecular weight excluding hydrogens is 685 g/mol. The summed E-state index contributed by atoms with van der Waals surface area (Å²) in [6.07, 6.45) is 5.64. The molecule has 0 radical (unpaired) electrons. The number of benzene rings is 7. The summed E-state index contributed by atoms with van der Waals surface area (Å²) >= 11 is 0. The lowest BCUT2D eigenvalue weighted by atomic mass is 9.65. The van der Waals surface area contributed by atoms with Crippen molar-refractivity contribution in [2.75, 3.05) is 7.11 Å². The van der Waals surface area contributed by atoms with Crippen molar-refractivity contribution in [3.63, 3.8) is 0 Å². The minimum absolute atomic E-state index is 0.0813. The van der Waals surface area contributed by atoms with Crippen LogP contribution in [0.1, 0.15) is 61.3 Å². The topological polar surface area (TPSA) is 71.1 Å². The minimum atomic E-state index is -0.788. The Hall–Kier alpha value is -6.40. The highest BCUT2D eigenvalue weighted by Gasteiger charge is 2.35. The third kappa shape index (κ3) is 7.41. The maximum absolute atomic E-state index is 13.0. The van der Waals surface area contributed by atoms with Gasteiger partial charge in [0.1, 0.15) is 23.0 Å². The Kier molecular flexibility index (Phi) is 10.1. The third-order valence-corrected chi connectivity index (χ3v) is 10.9. The van der Waals surface area contributed by atoms with Crippen LogP contribution in [-0.4, -0.2) is 19.2 Å². The van der Waals surface area contributed by atoms with Crippen LogP contribution in [0.4, 0.5) is 4.79 Å². The summed E-state index contributed by atoms with van der Waals surface area (Å²) in [5.74, 6) is 1.87. The number of carbonyl (C=O) groups is 2. The van der Waals surface area contributed by atoms with E-state index in [1.165, 1.54) is 42.9 Å². The summed E-state index contributed by atoms with van der Waals surface area (Å²) in [5.41, 5.74) is 6.88. The van der Waals surface area contributed by atoms with Gasteiger partial charge in [0, 0.05) is 12.3 Å². The van der Waals surface area contributed by atoms with Gasteiger partial charge in [-0.15, -0.1) is 0 Å². The molecule has 6 heteroatoms. The number of esters is 1.